The summed E-state index contributed by atoms with van der Waals surface area (Å²) in [7, 11) is 1.34. The van der Waals surface area contributed by atoms with E-state index in [1.54, 1.807) is 6.92 Å². The SMILES string of the molecule is COC(=O)c1sc2nc(CN3CCCSc4ccccc43)[nH]c(=O)c2c1C. The van der Waals surface area contributed by atoms with Gasteiger partial charge >= 0.3 is 5.97 Å². The summed E-state index contributed by atoms with van der Waals surface area (Å²) in [5, 5.41) is 0.468. The van der Waals surface area contributed by atoms with Crippen LogP contribution in [0.2, 0.25) is 0 Å². The van der Waals surface area contributed by atoms with Crippen molar-refractivity contribution in [2.45, 2.75) is 24.8 Å². The number of hydrogen-bond acceptors (Lipinski definition) is 7. The summed E-state index contributed by atoms with van der Waals surface area (Å²) in [6, 6.07) is 8.31. The number of H-pyrrole nitrogens is 1. The first-order valence-corrected chi connectivity index (χ1v) is 10.5. The summed E-state index contributed by atoms with van der Waals surface area (Å²) in [5.41, 5.74) is 1.58. The van der Waals surface area contributed by atoms with Gasteiger partial charge in [-0.15, -0.1) is 23.1 Å². The van der Waals surface area contributed by atoms with E-state index in [4.69, 9.17) is 4.74 Å². The number of thioether (sulfide) groups is 1. The number of benzene rings is 1. The molecule has 0 atom stereocenters. The number of aromatic nitrogens is 2. The fourth-order valence-electron chi connectivity index (χ4n) is 3.29. The summed E-state index contributed by atoms with van der Waals surface area (Å²) in [6.45, 7) is 3.18. The lowest BCUT2D eigenvalue weighted by Gasteiger charge is -2.23. The summed E-state index contributed by atoms with van der Waals surface area (Å²) in [4.78, 5) is 36.6. The molecule has 1 N–H and O–H groups in total. The highest BCUT2D eigenvalue weighted by atomic mass is 32.2. The molecule has 0 aliphatic carbocycles. The van der Waals surface area contributed by atoms with Gasteiger partial charge in [0.05, 0.1) is 24.7 Å². The van der Waals surface area contributed by atoms with Gasteiger partial charge in [-0.1, -0.05) is 12.1 Å². The molecular formula is C19H19N3O3S2. The third-order valence-corrected chi connectivity index (χ3v) is 6.91. The molecule has 8 heteroatoms. The molecule has 0 amide bonds. The molecule has 6 nitrogen and oxygen atoms in total. The first kappa shape index (κ1) is 18.1. The molecule has 3 heterocycles. The van der Waals surface area contributed by atoms with Crippen LogP contribution in [-0.2, 0) is 11.3 Å². The molecule has 27 heavy (non-hydrogen) atoms. The van der Waals surface area contributed by atoms with Crippen LogP contribution in [0.5, 0.6) is 0 Å². The van der Waals surface area contributed by atoms with Gasteiger partial charge in [-0.3, -0.25) is 4.79 Å². The number of nitrogens with one attached hydrogen (secondary N) is 1. The zero-order chi connectivity index (χ0) is 19.0. The number of nitrogens with zero attached hydrogens (tertiary/aromatic N) is 2. The standard InChI is InChI=1S/C19H19N3O3S2/c1-11-15-17(23)20-14(21-18(15)27-16(11)19(24)25-2)10-22-8-5-9-26-13-7-4-3-6-12(13)22/h3-4,6-7H,5,8-10H2,1-2H3,(H,20,21,23). The van der Waals surface area contributed by atoms with Gasteiger partial charge < -0.3 is 14.6 Å². The van der Waals surface area contributed by atoms with Crippen LogP contribution in [0.3, 0.4) is 0 Å². The van der Waals surface area contributed by atoms with Gasteiger partial charge in [0.1, 0.15) is 15.5 Å². The van der Waals surface area contributed by atoms with Crippen molar-refractivity contribution in [2.24, 2.45) is 0 Å². The summed E-state index contributed by atoms with van der Waals surface area (Å²) >= 11 is 3.07. The zero-order valence-corrected chi connectivity index (χ0v) is 16.7. The molecule has 0 unspecified atom stereocenters. The number of aryl methyl sites for hydroxylation is 1. The van der Waals surface area contributed by atoms with E-state index >= 15 is 0 Å². The number of para-hydroxylation sites is 1. The molecule has 1 aliphatic rings. The van der Waals surface area contributed by atoms with Crippen LogP contribution in [0.4, 0.5) is 5.69 Å². The average Bonchev–Trinajstić information content (AvgIpc) is 2.87. The summed E-state index contributed by atoms with van der Waals surface area (Å²) in [5.74, 6) is 1.24. The fourth-order valence-corrected chi connectivity index (χ4v) is 5.43. The third-order valence-electron chi connectivity index (χ3n) is 4.60. The maximum Gasteiger partial charge on any atom is 0.348 e. The van der Waals surface area contributed by atoms with Gasteiger partial charge in [-0.25, -0.2) is 9.78 Å². The molecule has 0 fully saturated rings. The highest BCUT2D eigenvalue weighted by Gasteiger charge is 2.21. The van der Waals surface area contributed by atoms with E-state index in [2.05, 4.69) is 27.0 Å². The Balaban J connectivity index is 1.73. The highest BCUT2D eigenvalue weighted by Crippen LogP contribution is 2.34. The Bertz CT molecular complexity index is 1070. The van der Waals surface area contributed by atoms with Crippen LogP contribution >= 0.6 is 23.1 Å². The predicted molar refractivity (Wildman–Crippen MR) is 109 cm³/mol. The van der Waals surface area contributed by atoms with Gasteiger partial charge in [-0.2, -0.15) is 0 Å². The number of carbonyl (C=O) groups excluding carboxylic acids is 1. The Morgan fingerprint density at radius 1 is 1.37 bits per heavy atom. The van der Waals surface area contributed by atoms with Gasteiger partial charge in [0.25, 0.3) is 5.56 Å². The first-order valence-electron chi connectivity index (χ1n) is 8.66. The molecule has 0 saturated carbocycles. The third kappa shape index (κ3) is 3.35. The minimum atomic E-state index is -0.435. The van der Waals surface area contributed by atoms with Crippen LogP contribution in [0.25, 0.3) is 10.2 Å². The lowest BCUT2D eigenvalue weighted by atomic mass is 10.2. The van der Waals surface area contributed by atoms with Crippen LogP contribution < -0.4 is 10.5 Å². The Labute approximate surface area is 164 Å². The van der Waals surface area contributed by atoms with Gasteiger partial charge in [-0.05, 0) is 36.8 Å². The van der Waals surface area contributed by atoms with Crippen LogP contribution in [-0.4, -0.2) is 35.3 Å². The molecule has 3 aromatic rings. The molecule has 1 aromatic carbocycles. The van der Waals surface area contributed by atoms with Crippen LogP contribution in [0.1, 0.15) is 27.5 Å². The number of fused-ring (bicyclic) bond motifs is 2. The number of esters is 1. The van der Waals surface area contributed by atoms with Crippen molar-refractivity contribution in [3.63, 3.8) is 0 Å². The monoisotopic (exact) mass is 401 g/mol. The van der Waals surface area contributed by atoms with Gasteiger partial charge in [0.15, 0.2) is 0 Å². The van der Waals surface area contributed by atoms with Crippen molar-refractivity contribution >= 4 is 45.0 Å². The Kier molecular flexibility index (Phi) is 4.92. The molecule has 1 aliphatic heterocycles. The lowest BCUT2D eigenvalue weighted by Crippen LogP contribution is -2.26. The number of carbonyl (C=O) groups is 1. The molecule has 2 aromatic heterocycles. The second-order valence-corrected chi connectivity index (χ2v) is 8.47. The van der Waals surface area contributed by atoms with E-state index in [0.717, 1.165) is 18.7 Å². The van der Waals surface area contributed by atoms with Crippen molar-refractivity contribution in [1.29, 1.82) is 0 Å². The number of anilines is 1. The number of thiophene rings is 1. The van der Waals surface area contributed by atoms with Crippen LogP contribution in [0, 0.1) is 6.92 Å². The number of hydrogen-bond donors (Lipinski definition) is 1. The zero-order valence-electron chi connectivity index (χ0n) is 15.1. The molecule has 140 valence electrons. The molecule has 0 saturated heterocycles. The Morgan fingerprint density at radius 3 is 3.00 bits per heavy atom. The largest absolute Gasteiger partial charge is 0.465 e. The number of ether oxygens (including phenoxy) is 1. The number of aromatic amines is 1. The lowest BCUT2D eigenvalue weighted by molar-refractivity contribution is 0.0605. The summed E-state index contributed by atoms with van der Waals surface area (Å²) in [6.07, 6.45) is 1.07. The Hall–Kier alpha value is -2.32. The smallest absolute Gasteiger partial charge is 0.348 e. The quantitative estimate of drug-likeness (QED) is 0.676. The van der Waals surface area contributed by atoms with Crippen molar-refractivity contribution < 1.29 is 9.53 Å². The van der Waals surface area contributed by atoms with Crippen molar-refractivity contribution in [3.05, 3.63) is 50.9 Å². The predicted octanol–water partition coefficient (Wildman–Crippen LogP) is 3.58. The maximum absolute atomic E-state index is 12.6. The Morgan fingerprint density at radius 2 is 2.19 bits per heavy atom. The van der Waals surface area contributed by atoms with Gasteiger partial charge in [0.2, 0.25) is 0 Å². The minimum Gasteiger partial charge on any atom is -0.465 e. The highest BCUT2D eigenvalue weighted by molar-refractivity contribution is 7.99. The average molecular weight is 402 g/mol. The van der Waals surface area contributed by atoms with Crippen LogP contribution in [0.15, 0.2) is 34.0 Å². The van der Waals surface area contributed by atoms with Crippen molar-refractivity contribution in [3.8, 4) is 0 Å². The maximum atomic E-state index is 12.6. The number of methoxy groups -OCH3 is 1. The van der Waals surface area contributed by atoms with E-state index < -0.39 is 5.97 Å². The van der Waals surface area contributed by atoms with Crippen molar-refractivity contribution in [2.75, 3.05) is 24.3 Å². The van der Waals surface area contributed by atoms with E-state index in [-0.39, 0.29) is 5.56 Å². The summed E-state index contributed by atoms with van der Waals surface area (Å²) < 4.78 is 4.81. The van der Waals surface area contributed by atoms with Crippen molar-refractivity contribution in [1.82, 2.24) is 9.97 Å². The molecule has 0 spiro atoms. The molecule has 0 radical (unpaired) electrons. The first-order chi connectivity index (χ1) is 13.1. The second-order valence-electron chi connectivity index (χ2n) is 6.33. The molecular weight excluding hydrogens is 382 g/mol. The molecule has 4 rings (SSSR count). The second kappa shape index (κ2) is 7.36. The van der Waals surface area contributed by atoms with E-state index in [1.165, 1.54) is 29.0 Å². The number of rotatable bonds is 3. The van der Waals surface area contributed by atoms with E-state index in [9.17, 15) is 9.59 Å². The normalized spacial score (nSPS) is 14.1. The molecule has 0 bridgehead atoms. The van der Waals surface area contributed by atoms with E-state index in [0.29, 0.717) is 33.0 Å². The minimum absolute atomic E-state index is 0.212. The van der Waals surface area contributed by atoms with E-state index in [1.807, 2.05) is 23.9 Å². The fraction of sp³-hybridized carbons (Fsp3) is 0.316. The van der Waals surface area contributed by atoms with Gasteiger partial charge in [0, 0.05) is 11.4 Å². The topological polar surface area (TPSA) is 75.3 Å².